The molecule has 1 aromatic carbocycles. The molecule has 1 heterocycles. The third-order valence-corrected chi connectivity index (χ3v) is 4.67. The Labute approximate surface area is 134 Å². The quantitative estimate of drug-likeness (QED) is 0.746. The van der Waals surface area contributed by atoms with Crippen LogP contribution in [0, 0.1) is 0 Å². The van der Waals surface area contributed by atoms with E-state index in [2.05, 4.69) is 52.0 Å². The Morgan fingerprint density at radius 1 is 1.09 bits per heavy atom. The molecular weight excluding hydrogens is 276 g/mol. The van der Waals surface area contributed by atoms with Crippen LogP contribution >= 0.6 is 0 Å². The predicted molar refractivity (Wildman–Crippen MR) is 89.8 cm³/mol. The van der Waals surface area contributed by atoms with Gasteiger partial charge in [0.1, 0.15) is 0 Å². The van der Waals surface area contributed by atoms with Gasteiger partial charge in [0, 0.05) is 0 Å². The van der Waals surface area contributed by atoms with E-state index in [0.717, 1.165) is 25.6 Å². The van der Waals surface area contributed by atoms with Crippen LogP contribution in [0.2, 0.25) is 0 Å². The van der Waals surface area contributed by atoms with Gasteiger partial charge in [-0.3, -0.25) is 0 Å². The number of likely N-dealkylation sites (N-methyl/N-ethyl adjacent to an activating group) is 1. The Morgan fingerprint density at radius 3 is 2.14 bits per heavy atom. The standard InChI is InChI=1S/C16H25B2NO3/c1-15(2)16(3,4)22-18(21-15)14-8-6-13(7-9-14)10-11-19(5)12-17-20/h6-9H,10-12H2,1-5H3. The molecule has 6 heteroatoms. The van der Waals surface area contributed by atoms with Crippen molar-refractivity contribution in [3.63, 3.8) is 0 Å². The maximum absolute atomic E-state index is 10.5. The number of rotatable bonds is 6. The molecule has 0 spiro atoms. The van der Waals surface area contributed by atoms with Gasteiger partial charge in [0.05, 0.1) is 0 Å². The second kappa shape index (κ2) is 6.65. The summed E-state index contributed by atoms with van der Waals surface area (Å²) >= 11 is 0. The van der Waals surface area contributed by atoms with E-state index in [4.69, 9.17) is 9.31 Å². The van der Waals surface area contributed by atoms with Crippen molar-refractivity contribution < 1.29 is 14.0 Å². The zero-order valence-corrected chi connectivity index (χ0v) is 14.3. The van der Waals surface area contributed by atoms with Crippen molar-refractivity contribution >= 4 is 19.7 Å². The van der Waals surface area contributed by atoms with Gasteiger partial charge < -0.3 is 0 Å². The van der Waals surface area contributed by atoms with Crippen LogP contribution in [0.15, 0.2) is 24.3 Å². The van der Waals surface area contributed by atoms with E-state index in [0.29, 0.717) is 6.44 Å². The van der Waals surface area contributed by atoms with Crippen molar-refractivity contribution in [1.82, 2.24) is 4.90 Å². The summed E-state index contributed by atoms with van der Waals surface area (Å²) < 4.78 is 22.6. The third-order valence-electron chi connectivity index (χ3n) is 4.67. The number of hydrogen-bond acceptors (Lipinski definition) is 4. The molecule has 0 radical (unpaired) electrons. The molecule has 0 saturated carbocycles. The van der Waals surface area contributed by atoms with E-state index in [9.17, 15) is 4.70 Å². The van der Waals surface area contributed by atoms with Crippen LogP contribution in [0.4, 0.5) is 0 Å². The van der Waals surface area contributed by atoms with Gasteiger partial charge in [0.25, 0.3) is 0 Å². The monoisotopic (exact) mass is 301 g/mol. The Kier molecular flexibility index (Phi) is 5.25. The van der Waals surface area contributed by atoms with Crippen molar-refractivity contribution in [2.45, 2.75) is 45.3 Å². The summed E-state index contributed by atoms with van der Waals surface area (Å²) in [5.74, 6) is 0. The Hall–Kier alpha value is -0.970. The number of nitrogens with zero attached hydrogens (tertiary/aromatic N) is 1. The average Bonchev–Trinajstić information content (AvgIpc) is 2.66. The second-order valence-corrected chi connectivity index (χ2v) is 7.01. The number of hydrogen-bond donors (Lipinski definition) is 0. The van der Waals surface area contributed by atoms with Crippen LogP contribution in [0.5, 0.6) is 0 Å². The molecule has 0 atom stereocenters. The third kappa shape index (κ3) is 3.86. The molecule has 2 rings (SSSR count). The summed E-state index contributed by atoms with van der Waals surface area (Å²) in [6.45, 7) is 9.11. The fourth-order valence-corrected chi connectivity index (χ4v) is 2.36. The summed E-state index contributed by atoms with van der Waals surface area (Å²) in [4.78, 5) is 2.01. The van der Waals surface area contributed by atoms with E-state index in [1.807, 2.05) is 11.9 Å². The van der Waals surface area contributed by atoms with Crippen molar-refractivity contribution in [2.24, 2.45) is 0 Å². The van der Waals surface area contributed by atoms with Crippen LogP contribution in [0.1, 0.15) is 33.3 Å². The Bertz CT molecular complexity index is 501. The van der Waals surface area contributed by atoms with Crippen molar-refractivity contribution in [2.75, 3.05) is 20.0 Å². The molecule has 0 bridgehead atoms. The Morgan fingerprint density at radius 2 is 1.64 bits per heavy atom. The van der Waals surface area contributed by atoms with Gasteiger partial charge in [-0.25, -0.2) is 0 Å². The molecule has 1 saturated heterocycles. The summed E-state index contributed by atoms with van der Waals surface area (Å²) in [5.41, 5.74) is 1.67. The van der Waals surface area contributed by atoms with Crippen LogP contribution in [0.25, 0.3) is 0 Å². The first-order valence-corrected chi connectivity index (χ1v) is 7.82. The predicted octanol–water partition coefficient (Wildman–Crippen LogP) is 1.47. The van der Waals surface area contributed by atoms with Crippen molar-refractivity contribution in [3.05, 3.63) is 29.8 Å². The van der Waals surface area contributed by atoms with Crippen LogP contribution in [0.3, 0.4) is 0 Å². The van der Waals surface area contributed by atoms with Crippen molar-refractivity contribution in [3.8, 4) is 0 Å². The van der Waals surface area contributed by atoms with Gasteiger partial charge in [0.2, 0.25) is 0 Å². The van der Waals surface area contributed by atoms with Crippen molar-refractivity contribution in [1.29, 1.82) is 0 Å². The van der Waals surface area contributed by atoms with E-state index < -0.39 is 0 Å². The van der Waals surface area contributed by atoms with Gasteiger partial charge in [-0.2, -0.15) is 0 Å². The second-order valence-electron chi connectivity index (χ2n) is 7.01. The molecule has 1 aliphatic rings. The molecule has 1 aromatic rings. The topological polar surface area (TPSA) is 38.8 Å². The maximum atomic E-state index is 10.5. The first kappa shape index (κ1) is 17.4. The molecule has 1 fully saturated rings. The van der Waals surface area contributed by atoms with Gasteiger partial charge in [-0.15, -0.1) is 0 Å². The van der Waals surface area contributed by atoms with Gasteiger partial charge in [-0.1, -0.05) is 0 Å². The first-order chi connectivity index (χ1) is 10.2. The zero-order valence-electron chi connectivity index (χ0n) is 14.3. The fraction of sp³-hybridized carbons (Fsp3) is 0.625. The zero-order chi connectivity index (χ0) is 16.4. The minimum absolute atomic E-state index is 0.309. The van der Waals surface area contributed by atoms with Crippen LogP contribution < -0.4 is 5.46 Å². The van der Waals surface area contributed by atoms with E-state index in [1.165, 1.54) is 5.56 Å². The van der Waals surface area contributed by atoms with Gasteiger partial charge >= 0.3 is 134 Å². The van der Waals surface area contributed by atoms with Crippen LogP contribution in [-0.2, 0) is 20.4 Å². The summed E-state index contributed by atoms with van der Waals surface area (Å²) in [6.07, 6.45) is 1.40. The van der Waals surface area contributed by atoms with Gasteiger partial charge in [-0.05, 0) is 0 Å². The molecule has 4 nitrogen and oxygen atoms in total. The molecule has 0 aromatic heterocycles. The van der Waals surface area contributed by atoms with E-state index in [1.54, 1.807) is 0 Å². The first-order valence-electron chi connectivity index (χ1n) is 7.82. The Balaban J connectivity index is 1.97. The summed E-state index contributed by atoms with van der Waals surface area (Å²) in [6, 6.07) is 8.35. The number of benzene rings is 1. The molecule has 0 unspecified atom stereocenters. The molecule has 0 amide bonds. The molecule has 0 N–H and O–H groups in total. The molecule has 22 heavy (non-hydrogen) atoms. The van der Waals surface area contributed by atoms with Gasteiger partial charge in [0.15, 0.2) is 0 Å². The normalized spacial score (nSPS) is 19.5. The molecular formula is C16H25B2NO3. The molecule has 118 valence electrons. The van der Waals surface area contributed by atoms with Crippen LogP contribution in [-0.4, -0.2) is 50.4 Å². The molecule has 0 aliphatic carbocycles. The summed E-state index contributed by atoms with van der Waals surface area (Å²) in [5, 5.41) is 0. The van der Waals surface area contributed by atoms with E-state index >= 15 is 0 Å². The fourth-order valence-electron chi connectivity index (χ4n) is 2.36. The summed E-state index contributed by atoms with van der Waals surface area (Å²) in [7, 11) is 2.57. The van der Waals surface area contributed by atoms with E-state index in [-0.39, 0.29) is 18.3 Å². The molecule has 1 aliphatic heterocycles. The SMILES string of the molecule is CN(CB=O)CCc1ccc(B2OC(C)(C)C(C)(C)O2)cc1. The minimum atomic E-state index is -0.312. The average molecular weight is 301 g/mol.